The summed E-state index contributed by atoms with van der Waals surface area (Å²) in [5, 5.41) is 3.46. The molecule has 0 saturated carbocycles. The minimum absolute atomic E-state index is 0. The van der Waals surface area contributed by atoms with Crippen LogP contribution in [0.5, 0.6) is 0 Å². The number of likely N-dealkylation sites (tertiary alicyclic amines) is 2. The molecule has 2 rings (SSSR count). The first-order chi connectivity index (χ1) is 14.2. The number of guanidine groups is 1. The van der Waals surface area contributed by atoms with Crippen LogP contribution in [0.1, 0.15) is 59.8 Å². The molecule has 2 saturated heterocycles. The van der Waals surface area contributed by atoms with Crippen molar-refractivity contribution in [2.75, 3.05) is 46.4 Å². The Bertz CT molecular complexity index is 601. The number of rotatable bonds is 5. The first kappa shape index (κ1) is 27.8. The Kier molecular flexibility index (Phi) is 11.9. The summed E-state index contributed by atoms with van der Waals surface area (Å²) in [5.41, 5.74) is -0.460. The maximum Gasteiger partial charge on any atom is 0.410 e. The molecule has 1 atom stereocenters. The topological polar surface area (TPSA) is 83.5 Å². The molecule has 1 unspecified atom stereocenters. The lowest BCUT2D eigenvalue weighted by atomic mass is 9.95. The van der Waals surface area contributed by atoms with E-state index in [0.717, 1.165) is 70.8 Å². The fourth-order valence-corrected chi connectivity index (χ4v) is 4.10. The van der Waals surface area contributed by atoms with E-state index in [9.17, 15) is 9.59 Å². The van der Waals surface area contributed by atoms with E-state index in [2.05, 4.69) is 15.2 Å². The van der Waals surface area contributed by atoms with Crippen LogP contribution < -0.4 is 5.32 Å². The molecule has 0 bridgehead atoms. The number of piperidine rings is 2. The highest BCUT2D eigenvalue weighted by Crippen LogP contribution is 2.22. The van der Waals surface area contributed by atoms with Crippen LogP contribution in [-0.2, 0) is 14.3 Å². The Labute approximate surface area is 204 Å². The maximum absolute atomic E-state index is 12.3. The van der Waals surface area contributed by atoms with Crippen LogP contribution in [0.2, 0.25) is 0 Å². The van der Waals surface area contributed by atoms with Gasteiger partial charge in [0.15, 0.2) is 5.96 Å². The predicted molar refractivity (Wildman–Crippen MR) is 133 cm³/mol. The summed E-state index contributed by atoms with van der Waals surface area (Å²) < 4.78 is 10.7. The summed E-state index contributed by atoms with van der Waals surface area (Å²) in [7, 11) is 1.80. The van der Waals surface area contributed by atoms with E-state index in [0.29, 0.717) is 12.5 Å². The second-order valence-corrected chi connectivity index (χ2v) is 9.21. The Morgan fingerprint density at radius 2 is 1.77 bits per heavy atom. The highest BCUT2D eigenvalue weighted by Gasteiger charge is 2.29. The Morgan fingerprint density at radius 1 is 1.10 bits per heavy atom. The van der Waals surface area contributed by atoms with Gasteiger partial charge >= 0.3 is 12.1 Å². The zero-order valence-electron chi connectivity index (χ0n) is 19.8. The zero-order valence-corrected chi connectivity index (χ0v) is 22.1. The lowest BCUT2D eigenvalue weighted by molar-refractivity contribution is -0.149. The van der Waals surface area contributed by atoms with Crippen LogP contribution in [-0.4, -0.2) is 79.8 Å². The molecule has 0 aromatic carbocycles. The number of ether oxygens (including phenoxy) is 2. The molecule has 0 radical (unpaired) electrons. The number of hydrogen-bond acceptors (Lipinski definition) is 5. The standard InChI is InChI=1S/C22H40N4O4.HI/c1-6-29-19(27)18-10-14-25(15-11-18)20(23-5)24-12-9-17-8-7-13-26(16-17)21(28)30-22(2,3)4;/h17-18H,6-16H2,1-5H3,(H,23,24);1H. The molecule has 8 nitrogen and oxygen atoms in total. The monoisotopic (exact) mass is 552 g/mol. The number of carbonyl (C=O) groups excluding carboxylic acids is 2. The number of hydrogen-bond donors (Lipinski definition) is 1. The van der Waals surface area contributed by atoms with Crippen molar-refractivity contribution in [2.24, 2.45) is 16.8 Å². The summed E-state index contributed by atoms with van der Waals surface area (Å²) in [6.07, 6.45) is 4.52. The molecule has 1 N–H and O–H groups in total. The van der Waals surface area contributed by atoms with Gasteiger partial charge in [-0.15, -0.1) is 24.0 Å². The van der Waals surface area contributed by atoms with Crippen molar-refractivity contribution in [1.29, 1.82) is 0 Å². The fourth-order valence-electron chi connectivity index (χ4n) is 4.10. The summed E-state index contributed by atoms with van der Waals surface area (Å²) in [4.78, 5) is 32.7. The maximum atomic E-state index is 12.3. The third-order valence-corrected chi connectivity index (χ3v) is 5.63. The van der Waals surface area contributed by atoms with Crippen LogP contribution in [0, 0.1) is 11.8 Å². The van der Waals surface area contributed by atoms with E-state index < -0.39 is 5.60 Å². The average molecular weight is 552 g/mol. The second-order valence-electron chi connectivity index (χ2n) is 9.21. The summed E-state index contributed by atoms with van der Waals surface area (Å²) in [5.74, 6) is 1.27. The molecule has 2 aliphatic heterocycles. The lowest BCUT2D eigenvalue weighted by Crippen LogP contribution is -2.47. The second kappa shape index (κ2) is 13.3. The minimum Gasteiger partial charge on any atom is -0.466 e. The highest BCUT2D eigenvalue weighted by atomic mass is 127. The summed E-state index contributed by atoms with van der Waals surface area (Å²) in [6.45, 7) is 11.9. The number of amides is 1. The van der Waals surface area contributed by atoms with Gasteiger partial charge < -0.3 is 24.6 Å². The normalized spacial score (nSPS) is 20.7. The minimum atomic E-state index is -0.460. The third-order valence-electron chi connectivity index (χ3n) is 5.63. The van der Waals surface area contributed by atoms with Gasteiger partial charge in [0.1, 0.15) is 5.60 Å². The third kappa shape index (κ3) is 9.41. The van der Waals surface area contributed by atoms with Gasteiger partial charge in [-0.25, -0.2) is 4.79 Å². The van der Waals surface area contributed by atoms with Gasteiger partial charge in [-0.05, 0) is 65.7 Å². The molecule has 2 heterocycles. The van der Waals surface area contributed by atoms with E-state index in [1.165, 1.54) is 0 Å². The van der Waals surface area contributed by atoms with Gasteiger partial charge in [0, 0.05) is 39.8 Å². The predicted octanol–water partition coefficient (Wildman–Crippen LogP) is 3.49. The average Bonchev–Trinajstić information content (AvgIpc) is 2.70. The van der Waals surface area contributed by atoms with E-state index in [-0.39, 0.29) is 42.0 Å². The molecular formula is C22H41IN4O4. The number of halogens is 1. The molecule has 0 aromatic heterocycles. The van der Waals surface area contributed by atoms with Gasteiger partial charge in [-0.3, -0.25) is 9.79 Å². The smallest absolute Gasteiger partial charge is 0.410 e. The van der Waals surface area contributed by atoms with Crippen LogP contribution in [0.3, 0.4) is 0 Å². The molecule has 31 heavy (non-hydrogen) atoms. The molecule has 2 fully saturated rings. The molecule has 2 aliphatic rings. The number of nitrogens with zero attached hydrogens (tertiary/aromatic N) is 3. The first-order valence-electron chi connectivity index (χ1n) is 11.3. The largest absolute Gasteiger partial charge is 0.466 e. The Balaban J connectivity index is 0.00000480. The van der Waals surface area contributed by atoms with Crippen molar-refractivity contribution in [3.8, 4) is 0 Å². The lowest BCUT2D eigenvalue weighted by Gasteiger charge is -2.35. The molecule has 180 valence electrons. The quantitative estimate of drug-likeness (QED) is 0.244. The van der Waals surface area contributed by atoms with Gasteiger partial charge in [-0.2, -0.15) is 0 Å². The number of esters is 1. The number of aliphatic imine (C=N–C) groups is 1. The molecule has 1 amide bonds. The molecule has 0 spiro atoms. The van der Waals surface area contributed by atoms with Gasteiger partial charge in [-0.1, -0.05) is 0 Å². The van der Waals surface area contributed by atoms with Gasteiger partial charge in [0.25, 0.3) is 0 Å². The summed E-state index contributed by atoms with van der Waals surface area (Å²) in [6, 6.07) is 0. The zero-order chi connectivity index (χ0) is 22.1. The van der Waals surface area contributed by atoms with Crippen molar-refractivity contribution < 1.29 is 19.1 Å². The fraction of sp³-hybridized carbons (Fsp3) is 0.864. The van der Waals surface area contributed by atoms with Crippen LogP contribution in [0.25, 0.3) is 0 Å². The van der Waals surface area contributed by atoms with E-state index in [1.54, 1.807) is 7.05 Å². The van der Waals surface area contributed by atoms with Crippen molar-refractivity contribution in [3.05, 3.63) is 0 Å². The number of carbonyl (C=O) groups is 2. The van der Waals surface area contributed by atoms with E-state index in [1.807, 2.05) is 32.6 Å². The van der Waals surface area contributed by atoms with Crippen molar-refractivity contribution in [3.63, 3.8) is 0 Å². The van der Waals surface area contributed by atoms with Crippen LogP contribution in [0.4, 0.5) is 4.79 Å². The van der Waals surface area contributed by atoms with E-state index in [4.69, 9.17) is 9.47 Å². The molecule has 0 aromatic rings. The van der Waals surface area contributed by atoms with Gasteiger partial charge in [0.05, 0.1) is 12.5 Å². The van der Waals surface area contributed by atoms with Crippen molar-refractivity contribution >= 4 is 42.0 Å². The van der Waals surface area contributed by atoms with Crippen LogP contribution in [0.15, 0.2) is 4.99 Å². The highest BCUT2D eigenvalue weighted by molar-refractivity contribution is 14.0. The molecule has 0 aliphatic carbocycles. The Morgan fingerprint density at radius 3 is 2.35 bits per heavy atom. The van der Waals surface area contributed by atoms with Crippen LogP contribution >= 0.6 is 24.0 Å². The summed E-state index contributed by atoms with van der Waals surface area (Å²) >= 11 is 0. The van der Waals surface area contributed by atoms with Gasteiger partial charge in [0.2, 0.25) is 0 Å². The molecule has 9 heteroatoms. The first-order valence-corrected chi connectivity index (χ1v) is 11.3. The Hall–Kier alpha value is -1.26. The number of nitrogens with one attached hydrogen (secondary N) is 1. The van der Waals surface area contributed by atoms with E-state index >= 15 is 0 Å². The molecular weight excluding hydrogens is 511 g/mol. The van der Waals surface area contributed by atoms with Crippen molar-refractivity contribution in [1.82, 2.24) is 15.1 Å². The van der Waals surface area contributed by atoms with Crippen molar-refractivity contribution in [2.45, 2.75) is 65.4 Å². The SMILES string of the molecule is CCOC(=O)C1CCN(C(=NC)NCCC2CCCN(C(=O)OC(C)(C)C)C2)CC1.I.